The second kappa shape index (κ2) is 9.38. The van der Waals surface area contributed by atoms with Crippen LogP contribution < -0.4 is 16.3 Å². The van der Waals surface area contributed by atoms with E-state index in [0.717, 1.165) is 23.3 Å². The number of rotatable bonds is 8. The molecule has 6 N–H and O–H groups in total. The highest BCUT2D eigenvalue weighted by molar-refractivity contribution is 7.97. The van der Waals surface area contributed by atoms with Crippen LogP contribution in [0.4, 0.5) is 13.2 Å². The van der Waals surface area contributed by atoms with Gasteiger partial charge in [0.2, 0.25) is 0 Å². The van der Waals surface area contributed by atoms with Crippen LogP contribution in [0.5, 0.6) is 0 Å². The Hall–Kier alpha value is -2.34. The zero-order valence-corrected chi connectivity index (χ0v) is 14.3. The minimum absolute atomic E-state index is 0.00705. The van der Waals surface area contributed by atoms with E-state index in [1.807, 2.05) is 0 Å². The number of nitrogens with two attached hydrogens (primary N) is 2. The van der Waals surface area contributed by atoms with E-state index in [1.54, 1.807) is 0 Å². The van der Waals surface area contributed by atoms with Crippen LogP contribution in [-0.4, -0.2) is 34.2 Å². The van der Waals surface area contributed by atoms with Gasteiger partial charge in [0, 0.05) is 6.54 Å². The van der Waals surface area contributed by atoms with Crippen molar-refractivity contribution in [2.45, 2.75) is 11.4 Å². The van der Waals surface area contributed by atoms with Gasteiger partial charge < -0.3 is 10.8 Å². The van der Waals surface area contributed by atoms with Crippen LogP contribution >= 0.6 is 11.9 Å². The van der Waals surface area contributed by atoms with Gasteiger partial charge in [-0.05, 0) is 36.2 Å². The van der Waals surface area contributed by atoms with Gasteiger partial charge in [-0.3, -0.25) is 9.71 Å². The van der Waals surface area contributed by atoms with E-state index in [0.29, 0.717) is 5.69 Å². The Morgan fingerprint density at radius 2 is 2.00 bits per heavy atom. The second-order valence-corrected chi connectivity index (χ2v) is 5.94. The van der Waals surface area contributed by atoms with Crippen molar-refractivity contribution in [2.75, 3.05) is 13.2 Å². The van der Waals surface area contributed by atoms with Crippen molar-refractivity contribution in [1.29, 1.82) is 0 Å². The Kier molecular flexibility index (Phi) is 7.21. The number of benzene rings is 1. The SMILES string of the molecule is N/C(=N\N(N)Cc1ccc(F)cn1)c1ccc(SNCCO)c(F)c1F. The molecule has 0 unspecified atom stereocenters. The fraction of sp³-hybridized carbons (Fsp3) is 0.200. The Morgan fingerprint density at radius 3 is 2.65 bits per heavy atom. The quantitative estimate of drug-likeness (QED) is 0.134. The molecule has 1 aromatic heterocycles. The van der Waals surface area contributed by atoms with Crippen molar-refractivity contribution >= 4 is 17.8 Å². The Bertz CT molecular complexity index is 775. The van der Waals surface area contributed by atoms with Crippen LogP contribution in [0.2, 0.25) is 0 Å². The van der Waals surface area contributed by atoms with Crippen LogP contribution in [0, 0.1) is 17.5 Å². The van der Waals surface area contributed by atoms with E-state index in [-0.39, 0.29) is 36.0 Å². The molecule has 2 aromatic rings. The van der Waals surface area contributed by atoms with Crippen molar-refractivity contribution < 1.29 is 18.3 Å². The molecule has 0 bridgehead atoms. The number of hydrazone groups is 1. The first-order valence-corrected chi connectivity index (χ1v) is 8.19. The summed E-state index contributed by atoms with van der Waals surface area (Å²) in [5.41, 5.74) is 5.86. The number of aliphatic hydroxyl groups excluding tert-OH is 1. The number of aromatic nitrogens is 1. The molecule has 0 aliphatic heterocycles. The van der Waals surface area contributed by atoms with E-state index in [2.05, 4.69) is 14.8 Å². The lowest BCUT2D eigenvalue weighted by atomic mass is 10.2. The Morgan fingerprint density at radius 1 is 1.23 bits per heavy atom. The number of hydrazine groups is 1. The van der Waals surface area contributed by atoms with E-state index in [9.17, 15) is 13.2 Å². The smallest absolute Gasteiger partial charge is 0.174 e. The van der Waals surface area contributed by atoms with Gasteiger partial charge >= 0.3 is 0 Å². The van der Waals surface area contributed by atoms with Crippen molar-refractivity contribution in [3.8, 4) is 0 Å². The maximum absolute atomic E-state index is 14.2. The lowest BCUT2D eigenvalue weighted by molar-refractivity contribution is 0.286. The van der Waals surface area contributed by atoms with Gasteiger partial charge in [0.05, 0.1) is 35.5 Å². The van der Waals surface area contributed by atoms with Crippen molar-refractivity contribution in [3.63, 3.8) is 0 Å². The molecule has 1 heterocycles. The normalized spacial score (nSPS) is 11.7. The van der Waals surface area contributed by atoms with Crippen LogP contribution in [0.3, 0.4) is 0 Å². The Labute approximate surface area is 152 Å². The van der Waals surface area contributed by atoms with E-state index in [4.69, 9.17) is 16.7 Å². The highest BCUT2D eigenvalue weighted by Crippen LogP contribution is 2.23. The van der Waals surface area contributed by atoms with Crippen LogP contribution in [0.25, 0.3) is 0 Å². The monoisotopic (exact) mass is 386 g/mol. The summed E-state index contributed by atoms with van der Waals surface area (Å²) in [6.45, 7) is 0.0742. The molecule has 0 saturated carbocycles. The van der Waals surface area contributed by atoms with Gasteiger partial charge in [0.1, 0.15) is 5.82 Å². The third kappa shape index (κ3) is 5.33. The van der Waals surface area contributed by atoms with Gasteiger partial charge in [-0.1, -0.05) is 0 Å². The first-order valence-electron chi connectivity index (χ1n) is 7.38. The molecule has 7 nitrogen and oxygen atoms in total. The Balaban J connectivity index is 2.11. The van der Waals surface area contributed by atoms with E-state index < -0.39 is 17.5 Å². The molecule has 1 aromatic carbocycles. The summed E-state index contributed by atoms with van der Waals surface area (Å²) in [4.78, 5) is 3.82. The molecule has 140 valence electrons. The van der Waals surface area contributed by atoms with Gasteiger partial charge in [-0.15, -0.1) is 5.10 Å². The van der Waals surface area contributed by atoms with Crippen LogP contribution in [0.1, 0.15) is 11.3 Å². The van der Waals surface area contributed by atoms with Gasteiger partial charge in [-0.25, -0.2) is 24.1 Å². The maximum atomic E-state index is 14.2. The molecular weight excluding hydrogens is 369 g/mol. The number of hydrogen-bond acceptors (Lipinski definition) is 7. The number of hydrogen-bond donors (Lipinski definition) is 4. The predicted molar refractivity (Wildman–Crippen MR) is 92.0 cm³/mol. The zero-order chi connectivity index (χ0) is 19.1. The summed E-state index contributed by atoms with van der Waals surface area (Å²) in [7, 11) is 0. The lowest BCUT2D eigenvalue weighted by Gasteiger charge is -2.14. The molecule has 2 rings (SSSR count). The van der Waals surface area contributed by atoms with Crippen molar-refractivity contribution in [3.05, 3.63) is 59.2 Å². The molecule has 0 fully saturated rings. The number of amidine groups is 1. The standard InChI is InChI=1S/C15H17F3N6OS/c16-9-1-2-10(21-7-9)8-24(20)23-15(19)11-3-4-12(14(18)13(11)17)26-22-5-6-25/h1-4,7,22,25H,5-6,8,20H2,(H2,19,23). The third-order valence-electron chi connectivity index (χ3n) is 3.07. The highest BCUT2D eigenvalue weighted by atomic mass is 32.2. The molecule has 26 heavy (non-hydrogen) atoms. The summed E-state index contributed by atoms with van der Waals surface area (Å²) < 4.78 is 43.8. The highest BCUT2D eigenvalue weighted by Gasteiger charge is 2.17. The molecule has 0 spiro atoms. The number of nitrogens with zero attached hydrogens (tertiary/aromatic N) is 3. The molecule has 0 saturated heterocycles. The van der Waals surface area contributed by atoms with Gasteiger partial charge in [0.15, 0.2) is 17.5 Å². The van der Waals surface area contributed by atoms with Crippen LogP contribution in [0.15, 0.2) is 40.5 Å². The van der Waals surface area contributed by atoms with Crippen LogP contribution in [-0.2, 0) is 6.54 Å². The number of aliphatic hydroxyl groups is 1. The van der Waals surface area contributed by atoms with Gasteiger partial charge in [0.25, 0.3) is 0 Å². The number of halogens is 3. The minimum Gasteiger partial charge on any atom is -0.395 e. The average molecular weight is 386 g/mol. The lowest BCUT2D eigenvalue weighted by Crippen LogP contribution is -2.30. The average Bonchev–Trinajstić information content (AvgIpc) is 2.60. The minimum atomic E-state index is -1.17. The fourth-order valence-electron chi connectivity index (χ4n) is 1.88. The first kappa shape index (κ1) is 20.0. The predicted octanol–water partition coefficient (Wildman–Crippen LogP) is 1.08. The first-order chi connectivity index (χ1) is 12.4. The molecular formula is C15H17F3N6OS. The zero-order valence-electron chi connectivity index (χ0n) is 13.5. The van der Waals surface area contributed by atoms with Crippen molar-refractivity contribution in [1.82, 2.24) is 14.8 Å². The summed E-state index contributed by atoms with van der Waals surface area (Å²) in [5, 5.41) is 13.3. The van der Waals surface area contributed by atoms with Gasteiger partial charge in [-0.2, -0.15) is 0 Å². The molecule has 11 heteroatoms. The molecule has 0 atom stereocenters. The summed E-state index contributed by atoms with van der Waals surface area (Å²) in [5.74, 6) is 2.57. The molecule has 0 radical (unpaired) electrons. The summed E-state index contributed by atoms with van der Waals surface area (Å²) in [6.07, 6.45) is 1.02. The fourth-order valence-corrected chi connectivity index (χ4v) is 2.54. The van der Waals surface area contributed by atoms with E-state index in [1.165, 1.54) is 24.3 Å². The number of pyridine rings is 1. The third-order valence-corrected chi connectivity index (χ3v) is 3.95. The number of nitrogens with one attached hydrogen (secondary N) is 1. The molecule has 0 aliphatic rings. The molecule has 0 amide bonds. The van der Waals surface area contributed by atoms with E-state index >= 15 is 0 Å². The molecule has 0 aliphatic carbocycles. The summed E-state index contributed by atoms with van der Waals surface area (Å²) >= 11 is 0.843. The second-order valence-electron chi connectivity index (χ2n) is 5.01. The topological polar surface area (TPSA) is 113 Å². The van der Waals surface area contributed by atoms with Crippen molar-refractivity contribution in [2.24, 2.45) is 16.7 Å². The maximum Gasteiger partial charge on any atom is 0.174 e. The summed E-state index contributed by atoms with van der Waals surface area (Å²) in [6, 6.07) is 5.21. The largest absolute Gasteiger partial charge is 0.395 e.